The summed E-state index contributed by atoms with van der Waals surface area (Å²) < 4.78 is 6.77. The highest BCUT2D eigenvalue weighted by Gasteiger charge is 2.55. The van der Waals surface area contributed by atoms with Gasteiger partial charge in [0, 0.05) is 17.5 Å². The minimum atomic E-state index is -1.40. The second kappa shape index (κ2) is 5.82. The third kappa shape index (κ3) is 2.01. The van der Waals surface area contributed by atoms with Gasteiger partial charge in [-0.1, -0.05) is 18.2 Å². The average Bonchev–Trinajstić information content (AvgIpc) is 3.22. The number of hydrogen-bond acceptors (Lipinski definition) is 7. The van der Waals surface area contributed by atoms with Crippen molar-refractivity contribution in [3.63, 3.8) is 0 Å². The summed E-state index contributed by atoms with van der Waals surface area (Å²) in [6.45, 7) is 3.86. The lowest BCUT2D eigenvalue weighted by molar-refractivity contribution is -0.153. The molecule has 1 N–H and O–H groups in total. The Bertz CT molecular complexity index is 985. The first kappa shape index (κ1) is 16.1. The predicted molar refractivity (Wildman–Crippen MR) is 94.5 cm³/mol. The second-order valence-electron chi connectivity index (χ2n) is 5.88. The van der Waals surface area contributed by atoms with Crippen LogP contribution in [0.15, 0.2) is 52.8 Å². The Hall–Kier alpha value is -3.44. The maximum Gasteiger partial charge on any atom is 0.355 e. The van der Waals surface area contributed by atoms with E-state index in [1.54, 1.807) is 18.1 Å². The predicted octanol–water partition coefficient (Wildman–Crippen LogP) is 1.99. The summed E-state index contributed by atoms with van der Waals surface area (Å²) in [6.07, 6.45) is 3.00. The zero-order valence-corrected chi connectivity index (χ0v) is 14.3. The Morgan fingerprint density at radius 1 is 1.38 bits per heavy atom. The van der Waals surface area contributed by atoms with E-state index >= 15 is 0 Å². The summed E-state index contributed by atoms with van der Waals surface area (Å²) in [7, 11) is 0. The normalized spacial score (nSPS) is 20.6. The van der Waals surface area contributed by atoms with Crippen molar-refractivity contribution in [3.05, 3.63) is 53.4 Å². The fourth-order valence-corrected chi connectivity index (χ4v) is 3.27. The van der Waals surface area contributed by atoms with Gasteiger partial charge in [-0.15, -0.1) is 0 Å². The molecule has 0 saturated heterocycles. The van der Waals surface area contributed by atoms with Crippen LogP contribution >= 0.6 is 0 Å². The molecule has 0 saturated carbocycles. The summed E-state index contributed by atoms with van der Waals surface area (Å²) in [5.41, 5.74) is 4.41. The molecule has 130 valence electrons. The molecule has 26 heavy (non-hydrogen) atoms. The Balaban J connectivity index is 1.93. The molecule has 1 unspecified atom stereocenters. The number of benzene rings is 1. The number of aliphatic imine (C=N–C) groups is 1. The summed E-state index contributed by atoms with van der Waals surface area (Å²) in [4.78, 5) is 17.4. The van der Waals surface area contributed by atoms with Crippen molar-refractivity contribution >= 4 is 23.7 Å². The second-order valence-corrected chi connectivity index (χ2v) is 5.88. The minimum Gasteiger partial charge on any atom is -0.463 e. The van der Waals surface area contributed by atoms with Crippen molar-refractivity contribution in [2.24, 2.45) is 4.99 Å². The van der Waals surface area contributed by atoms with Gasteiger partial charge in [0.1, 0.15) is 11.6 Å². The van der Waals surface area contributed by atoms with Crippen LogP contribution in [0.3, 0.4) is 0 Å². The summed E-state index contributed by atoms with van der Waals surface area (Å²) in [5.74, 6) is -0.188. The number of ether oxygens (including phenoxy) is 1. The summed E-state index contributed by atoms with van der Waals surface area (Å²) in [5, 5.41) is 15.4. The number of anilines is 1. The molecular formula is C18H16N6O2. The molecular weight excluding hydrogens is 332 g/mol. The van der Waals surface area contributed by atoms with Gasteiger partial charge in [0.25, 0.3) is 5.66 Å². The molecule has 1 aromatic heterocycles. The van der Waals surface area contributed by atoms with Gasteiger partial charge in [0.15, 0.2) is 5.82 Å². The first-order valence-corrected chi connectivity index (χ1v) is 8.17. The van der Waals surface area contributed by atoms with E-state index in [1.165, 1.54) is 10.9 Å². The molecule has 0 amide bonds. The third-order valence-electron chi connectivity index (χ3n) is 4.47. The standard InChI is InChI=1S/C18H16N6O2/c1-3-26-17(25)18-15(11-20-16-13(9-19)10-21-24(16)18)12(2)23(22-18)14-7-5-4-6-8-14/h4-8,10-11,22H,3H2,1-2H3. The van der Waals surface area contributed by atoms with E-state index in [2.05, 4.69) is 21.6 Å². The van der Waals surface area contributed by atoms with Gasteiger partial charge < -0.3 is 4.74 Å². The van der Waals surface area contributed by atoms with Crippen LogP contribution in [0.25, 0.3) is 0 Å². The molecule has 2 aliphatic heterocycles. The van der Waals surface area contributed by atoms with Gasteiger partial charge in [-0.3, -0.25) is 5.01 Å². The molecule has 2 aliphatic rings. The number of nitrogens with one attached hydrogen (secondary N) is 1. The van der Waals surface area contributed by atoms with E-state index < -0.39 is 11.6 Å². The molecule has 0 fully saturated rings. The van der Waals surface area contributed by atoms with E-state index in [4.69, 9.17) is 4.74 Å². The SMILES string of the molecule is CCOC(=O)C12NN(c3ccccc3)C(C)=C1C=Nc1c(C#N)cnn12. The largest absolute Gasteiger partial charge is 0.463 e. The van der Waals surface area contributed by atoms with Crippen molar-refractivity contribution in [3.8, 4) is 6.07 Å². The molecule has 0 bridgehead atoms. The van der Waals surface area contributed by atoms with Gasteiger partial charge in [0.2, 0.25) is 0 Å². The van der Waals surface area contributed by atoms with Crippen LogP contribution in [0.5, 0.6) is 0 Å². The number of allylic oxidation sites excluding steroid dienone is 1. The van der Waals surface area contributed by atoms with Gasteiger partial charge in [-0.25, -0.2) is 14.5 Å². The highest BCUT2D eigenvalue weighted by atomic mass is 16.5. The molecule has 2 aromatic rings. The number of para-hydroxylation sites is 1. The Morgan fingerprint density at radius 3 is 2.85 bits per heavy atom. The maximum absolute atomic E-state index is 13.0. The van der Waals surface area contributed by atoms with E-state index in [-0.39, 0.29) is 6.61 Å². The monoisotopic (exact) mass is 348 g/mol. The van der Waals surface area contributed by atoms with Crippen molar-refractivity contribution in [2.75, 3.05) is 11.6 Å². The molecule has 8 nitrogen and oxygen atoms in total. The minimum absolute atomic E-state index is 0.221. The highest BCUT2D eigenvalue weighted by molar-refractivity contribution is 6.00. The molecule has 0 spiro atoms. The molecule has 8 heteroatoms. The number of hydrazine groups is 1. The van der Waals surface area contributed by atoms with Crippen LogP contribution in [0.2, 0.25) is 0 Å². The van der Waals surface area contributed by atoms with Gasteiger partial charge in [0.05, 0.1) is 18.5 Å². The first-order chi connectivity index (χ1) is 12.6. The van der Waals surface area contributed by atoms with Gasteiger partial charge >= 0.3 is 5.97 Å². The van der Waals surface area contributed by atoms with Crippen molar-refractivity contribution in [2.45, 2.75) is 19.5 Å². The Labute approximate surface area is 150 Å². The Kier molecular flexibility index (Phi) is 3.60. The Morgan fingerprint density at radius 2 is 2.15 bits per heavy atom. The van der Waals surface area contributed by atoms with Crippen LogP contribution in [0.4, 0.5) is 11.5 Å². The number of fused-ring (bicyclic) bond motifs is 3. The van der Waals surface area contributed by atoms with E-state index in [0.717, 1.165) is 11.4 Å². The van der Waals surface area contributed by atoms with Crippen LogP contribution in [0, 0.1) is 11.3 Å². The zero-order valence-electron chi connectivity index (χ0n) is 14.3. The van der Waals surface area contributed by atoms with Crippen molar-refractivity contribution in [1.29, 1.82) is 5.26 Å². The first-order valence-electron chi connectivity index (χ1n) is 8.17. The van der Waals surface area contributed by atoms with E-state index in [1.807, 2.05) is 37.3 Å². The van der Waals surface area contributed by atoms with Gasteiger partial charge in [-0.2, -0.15) is 15.8 Å². The number of nitrogens with zero attached hydrogens (tertiary/aromatic N) is 5. The molecule has 0 radical (unpaired) electrons. The molecule has 0 aliphatic carbocycles. The van der Waals surface area contributed by atoms with Crippen LogP contribution in [-0.2, 0) is 15.2 Å². The quantitative estimate of drug-likeness (QED) is 0.852. The molecule has 3 heterocycles. The van der Waals surface area contributed by atoms with Crippen LogP contribution in [0.1, 0.15) is 19.4 Å². The number of aromatic nitrogens is 2. The molecule has 4 rings (SSSR count). The lowest BCUT2D eigenvalue weighted by atomic mass is 9.99. The number of nitriles is 1. The van der Waals surface area contributed by atoms with E-state index in [9.17, 15) is 10.1 Å². The molecule has 1 atom stereocenters. The summed E-state index contributed by atoms with van der Waals surface area (Å²) in [6, 6.07) is 11.6. The third-order valence-corrected chi connectivity index (χ3v) is 4.47. The number of hydrogen-bond donors (Lipinski definition) is 1. The smallest absolute Gasteiger partial charge is 0.355 e. The topological polar surface area (TPSA) is 95.5 Å². The number of rotatable bonds is 3. The van der Waals surface area contributed by atoms with Crippen LogP contribution < -0.4 is 10.4 Å². The fourth-order valence-electron chi connectivity index (χ4n) is 3.27. The zero-order chi connectivity index (χ0) is 18.3. The lowest BCUT2D eigenvalue weighted by Crippen LogP contribution is -2.58. The van der Waals surface area contributed by atoms with Gasteiger partial charge in [-0.05, 0) is 26.0 Å². The summed E-state index contributed by atoms with van der Waals surface area (Å²) >= 11 is 0. The van der Waals surface area contributed by atoms with E-state index in [0.29, 0.717) is 17.0 Å². The number of esters is 1. The average molecular weight is 348 g/mol. The highest BCUT2D eigenvalue weighted by Crippen LogP contribution is 2.42. The number of carbonyl (C=O) groups excluding carboxylic acids is 1. The fraction of sp³-hybridized carbons (Fsp3) is 0.222. The number of carbonyl (C=O) groups is 1. The lowest BCUT2D eigenvalue weighted by Gasteiger charge is -2.33. The van der Waals surface area contributed by atoms with Crippen molar-refractivity contribution < 1.29 is 9.53 Å². The molecule has 1 aromatic carbocycles. The van der Waals surface area contributed by atoms with Crippen molar-refractivity contribution in [1.82, 2.24) is 15.2 Å². The van der Waals surface area contributed by atoms with Crippen LogP contribution in [-0.4, -0.2) is 28.6 Å². The maximum atomic E-state index is 13.0.